The summed E-state index contributed by atoms with van der Waals surface area (Å²) in [4.78, 5) is 22.0. The van der Waals surface area contributed by atoms with Crippen LogP contribution in [-0.4, -0.2) is 41.6 Å². The van der Waals surface area contributed by atoms with Crippen molar-refractivity contribution in [1.29, 1.82) is 0 Å². The van der Waals surface area contributed by atoms with Gasteiger partial charge in [0.25, 0.3) is 0 Å². The van der Waals surface area contributed by atoms with Gasteiger partial charge in [-0.1, -0.05) is 65.0 Å². The minimum Gasteiger partial charge on any atom is -0.300 e. The lowest BCUT2D eigenvalue weighted by atomic mass is 10.2. The largest absolute Gasteiger partial charge is 0.300 e. The Morgan fingerprint density at radius 2 is 1.88 bits per heavy atom. The SMILES string of the molecule is Cc1nnc(NC(=O)CSc2nc(-c3ccccc3Cl)nc3c2cnn3-c2ccccc2)s1. The molecule has 33 heavy (non-hydrogen) atoms. The first kappa shape index (κ1) is 21.5. The van der Waals surface area contributed by atoms with Gasteiger partial charge >= 0.3 is 0 Å². The van der Waals surface area contributed by atoms with E-state index in [1.54, 1.807) is 16.9 Å². The summed E-state index contributed by atoms with van der Waals surface area (Å²) in [5.41, 5.74) is 2.21. The molecule has 0 spiro atoms. The van der Waals surface area contributed by atoms with E-state index in [1.807, 2.05) is 55.5 Å². The van der Waals surface area contributed by atoms with Crippen LogP contribution in [0.2, 0.25) is 5.02 Å². The van der Waals surface area contributed by atoms with Crippen LogP contribution in [0, 0.1) is 6.92 Å². The molecule has 0 radical (unpaired) electrons. The van der Waals surface area contributed by atoms with E-state index in [0.29, 0.717) is 32.2 Å². The Hall–Kier alpha value is -3.34. The summed E-state index contributed by atoms with van der Waals surface area (Å²) < 4.78 is 1.76. The van der Waals surface area contributed by atoms with Gasteiger partial charge in [0.1, 0.15) is 10.0 Å². The summed E-state index contributed by atoms with van der Waals surface area (Å²) in [5.74, 6) is 0.412. The van der Waals surface area contributed by atoms with Crippen LogP contribution >= 0.6 is 34.7 Å². The van der Waals surface area contributed by atoms with Crippen LogP contribution in [0.25, 0.3) is 28.1 Å². The van der Waals surface area contributed by atoms with E-state index in [9.17, 15) is 4.79 Å². The van der Waals surface area contributed by atoms with Gasteiger partial charge in [0.2, 0.25) is 11.0 Å². The Kier molecular flexibility index (Phi) is 6.03. The average molecular weight is 494 g/mol. The van der Waals surface area contributed by atoms with Gasteiger partial charge in [-0.05, 0) is 31.2 Å². The number of aromatic nitrogens is 6. The maximum Gasteiger partial charge on any atom is 0.236 e. The molecule has 0 unspecified atom stereocenters. The maximum atomic E-state index is 12.5. The highest BCUT2D eigenvalue weighted by Crippen LogP contribution is 2.32. The highest BCUT2D eigenvalue weighted by atomic mass is 35.5. The zero-order chi connectivity index (χ0) is 22.8. The van der Waals surface area contributed by atoms with E-state index in [2.05, 4.69) is 20.6 Å². The Morgan fingerprint density at radius 1 is 1.09 bits per heavy atom. The molecule has 0 atom stereocenters. The quantitative estimate of drug-likeness (QED) is 0.261. The summed E-state index contributed by atoms with van der Waals surface area (Å²) in [6.07, 6.45) is 1.72. The molecule has 0 fully saturated rings. The lowest BCUT2D eigenvalue weighted by molar-refractivity contribution is -0.113. The van der Waals surface area contributed by atoms with Gasteiger partial charge in [0.15, 0.2) is 11.5 Å². The number of fused-ring (bicyclic) bond motifs is 1. The van der Waals surface area contributed by atoms with Crippen molar-refractivity contribution in [3.8, 4) is 17.1 Å². The van der Waals surface area contributed by atoms with Crippen molar-refractivity contribution in [3.63, 3.8) is 0 Å². The second-order valence-electron chi connectivity index (χ2n) is 6.92. The van der Waals surface area contributed by atoms with Crippen LogP contribution in [0.5, 0.6) is 0 Å². The molecule has 0 aliphatic heterocycles. The van der Waals surface area contributed by atoms with Crippen molar-refractivity contribution >= 4 is 56.8 Å². The molecule has 8 nitrogen and oxygen atoms in total. The van der Waals surface area contributed by atoms with Crippen LogP contribution in [0.4, 0.5) is 5.13 Å². The van der Waals surface area contributed by atoms with Gasteiger partial charge in [-0.2, -0.15) is 5.10 Å². The number of rotatable bonds is 6. The van der Waals surface area contributed by atoms with Gasteiger partial charge < -0.3 is 0 Å². The van der Waals surface area contributed by atoms with Crippen LogP contribution in [0.1, 0.15) is 5.01 Å². The number of para-hydroxylation sites is 1. The molecule has 0 saturated carbocycles. The monoisotopic (exact) mass is 493 g/mol. The van der Waals surface area contributed by atoms with Crippen LogP contribution in [-0.2, 0) is 4.79 Å². The lowest BCUT2D eigenvalue weighted by Crippen LogP contribution is -2.14. The molecular weight excluding hydrogens is 478 g/mol. The van der Waals surface area contributed by atoms with Gasteiger partial charge in [0.05, 0.1) is 28.0 Å². The first-order valence-electron chi connectivity index (χ1n) is 9.87. The first-order chi connectivity index (χ1) is 16.1. The number of carbonyl (C=O) groups is 1. The molecule has 5 rings (SSSR count). The summed E-state index contributed by atoms with van der Waals surface area (Å²) in [6, 6.07) is 17.1. The third kappa shape index (κ3) is 4.58. The van der Waals surface area contributed by atoms with Gasteiger partial charge in [0, 0.05) is 5.56 Å². The normalized spacial score (nSPS) is 11.1. The molecule has 1 N–H and O–H groups in total. The van der Waals surface area contributed by atoms with Crippen LogP contribution in [0.15, 0.2) is 65.8 Å². The van der Waals surface area contributed by atoms with E-state index in [-0.39, 0.29) is 11.7 Å². The maximum absolute atomic E-state index is 12.5. The molecule has 5 aromatic rings. The molecule has 164 valence electrons. The minimum atomic E-state index is -0.197. The lowest BCUT2D eigenvalue weighted by Gasteiger charge is -2.09. The second-order valence-corrected chi connectivity index (χ2v) is 9.48. The predicted octanol–water partition coefficient (Wildman–Crippen LogP) is 5.03. The molecular formula is C22H16ClN7OS2. The average Bonchev–Trinajstić information content (AvgIpc) is 3.44. The van der Waals surface area contributed by atoms with E-state index < -0.39 is 0 Å². The molecule has 1 amide bonds. The molecule has 0 aliphatic rings. The summed E-state index contributed by atoms with van der Waals surface area (Å²) in [6.45, 7) is 1.83. The highest BCUT2D eigenvalue weighted by molar-refractivity contribution is 8.00. The number of halogens is 1. The number of nitrogens with zero attached hydrogens (tertiary/aromatic N) is 6. The zero-order valence-corrected chi connectivity index (χ0v) is 19.7. The number of anilines is 1. The summed E-state index contributed by atoms with van der Waals surface area (Å²) >= 11 is 9.06. The topological polar surface area (TPSA) is 98.5 Å². The fraction of sp³-hybridized carbons (Fsp3) is 0.0909. The highest BCUT2D eigenvalue weighted by Gasteiger charge is 2.18. The van der Waals surface area contributed by atoms with Crippen molar-refractivity contribution in [2.24, 2.45) is 0 Å². The van der Waals surface area contributed by atoms with E-state index in [4.69, 9.17) is 21.6 Å². The number of hydrogen-bond acceptors (Lipinski definition) is 8. The summed E-state index contributed by atoms with van der Waals surface area (Å²) in [7, 11) is 0. The number of benzene rings is 2. The second kappa shape index (κ2) is 9.26. The number of thioether (sulfide) groups is 1. The third-order valence-corrected chi connectivity index (χ3v) is 6.70. The minimum absolute atomic E-state index is 0.142. The van der Waals surface area contributed by atoms with Gasteiger partial charge in [-0.3, -0.25) is 10.1 Å². The number of carbonyl (C=O) groups excluding carboxylic acids is 1. The molecule has 3 aromatic heterocycles. The van der Waals surface area contributed by atoms with E-state index in [0.717, 1.165) is 16.1 Å². The standard InChI is InChI=1S/C22H16ClN7OS2/c1-13-28-29-22(33-13)25-18(31)12-32-21-16-11-24-30(14-7-3-2-4-8-14)20(16)26-19(27-21)15-9-5-6-10-17(15)23/h2-11H,12H2,1H3,(H,25,29,31). The van der Waals surface area contributed by atoms with Crippen molar-refractivity contribution in [2.45, 2.75) is 11.9 Å². The Morgan fingerprint density at radius 3 is 2.64 bits per heavy atom. The first-order valence-corrected chi connectivity index (χ1v) is 12.1. The van der Waals surface area contributed by atoms with Crippen molar-refractivity contribution in [3.05, 3.63) is 70.8 Å². The van der Waals surface area contributed by atoms with E-state index >= 15 is 0 Å². The Bertz CT molecular complexity index is 1450. The van der Waals surface area contributed by atoms with Gasteiger partial charge in [-0.25, -0.2) is 14.6 Å². The number of hydrogen-bond donors (Lipinski definition) is 1. The van der Waals surface area contributed by atoms with Crippen molar-refractivity contribution < 1.29 is 4.79 Å². The predicted molar refractivity (Wildman–Crippen MR) is 131 cm³/mol. The third-order valence-electron chi connectivity index (χ3n) is 4.62. The smallest absolute Gasteiger partial charge is 0.236 e. The molecule has 0 aliphatic carbocycles. The van der Waals surface area contributed by atoms with E-state index in [1.165, 1.54) is 23.1 Å². The fourth-order valence-corrected chi connectivity index (χ4v) is 4.77. The Balaban J connectivity index is 1.53. The molecule has 0 saturated heterocycles. The van der Waals surface area contributed by atoms with Gasteiger partial charge in [-0.15, -0.1) is 10.2 Å². The number of amides is 1. The zero-order valence-electron chi connectivity index (χ0n) is 17.3. The molecule has 11 heteroatoms. The Labute approximate surface area is 202 Å². The van der Waals surface area contributed by atoms with Crippen molar-refractivity contribution in [1.82, 2.24) is 29.9 Å². The summed E-state index contributed by atoms with van der Waals surface area (Å²) in [5, 5.41) is 18.3. The fourth-order valence-electron chi connectivity index (χ4n) is 3.15. The van der Waals surface area contributed by atoms with Crippen LogP contribution in [0.3, 0.4) is 0 Å². The van der Waals surface area contributed by atoms with Crippen molar-refractivity contribution in [2.75, 3.05) is 11.1 Å². The number of aryl methyl sites for hydroxylation is 1. The van der Waals surface area contributed by atoms with Crippen LogP contribution < -0.4 is 5.32 Å². The number of nitrogens with one attached hydrogen (secondary N) is 1. The molecule has 0 bridgehead atoms. The molecule has 2 aromatic carbocycles. The molecule has 3 heterocycles.